The number of benzene rings is 9. The lowest BCUT2D eigenvalue weighted by Crippen LogP contribution is -1.97. The second-order valence-electron chi connectivity index (χ2n) is 17.1. The molecule has 0 amide bonds. The first-order chi connectivity index (χ1) is 32.5. The van der Waals surface area contributed by atoms with Crippen LogP contribution in [0.5, 0.6) is 0 Å². The molecule has 0 aliphatic rings. The van der Waals surface area contributed by atoms with Gasteiger partial charge in [0.2, 0.25) is 0 Å². The quantitative estimate of drug-likeness (QED) is 0.150. The van der Waals surface area contributed by atoms with Crippen LogP contribution in [0.3, 0.4) is 0 Å². The van der Waals surface area contributed by atoms with Crippen LogP contribution in [-0.2, 0) is 0 Å². The lowest BCUT2D eigenvalue weighted by molar-refractivity contribution is 0.866. The molecule has 0 N–H and O–H groups in total. The Morgan fingerprint density at radius 3 is 1.26 bits per heavy atom. The average Bonchev–Trinajstić information content (AvgIpc) is 4.06. The maximum absolute atomic E-state index is 5.19. The molecule has 0 saturated carbocycles. The third-order valence-electron chi connectivity index (χ3n) is 12.5. The third kappa shape index (κ3) is 6.84. The fourth-order valence-electron chi connectivity index (χ4n) is 9.37. The Labute approximate surface area is 383 Å². The van der Waals surface area contributed by atoms with Gasteiger partial charge in [0.15, 0.2) is 0 Å². The van der Waals surface area contributed by atoms with Crippen molar-refractivity contribution in [3.63, 3.8) is 0 Å². The summed E-state index contributed by atoms with van der Waals surface area (Å²) in [6.45, 7) is 4.24. The highest BCUT2D eigenvalue weighted by Gasteiger charge is 2.19. The van der Waals surface area contributed by atoms with Crippen LogP contribution in [0, 0.1) is 17.8 Å². The number of hydrogen-bond donors (Lipinski definition) is 0. The highest BCUT2D eigenvalue weighted by atomic mass is 15.1. The van der Waals surface area contributed by atoms with Gasteiger partial charge in [0, 0.05) is 50.4 Å². The maximum atomic E-state index is 5.19. The van der Waals surface area contributed by atoms with Crippen LogP contribution < -0.4 is 0 Å². The lowest BCUT2D eigenvalue weighted by Gasteiger charge is -2.11. The Bertz CT molecular complexity index is 3620. The van der Waals surface area contributed by atoms with E-state index in [4.69, 9.17) is 9.97 Å². The van der Waals surface area contributed by atoms with Gasteiger partial charge in [-0.25, -0.2) is 9.97 Å². The minimum atomic E-state index is 0.308. The minimum absolute atomic E-state index is 0.308. The summed E-state index contributed by atoms with van der Waals surface area (Å²) in [6.07, 6.45) is 0. The predicted octanol–water partition coefficient (Wildman–Crippen LogP) is 15.1. The number of hydrogen-bond acceptors (Lipinski definition) is 2. The number of fused-ring (bicyclic) bond motifs is 5. The predicted molar refractivity (Wildman–Crippen MR) is 273 cm³/mol. The summed E-state index contributed by atoms with van der Waals surface area (Å²) in [4.78, 5) is 10.4. The maximum Gasteiger partial charge on any atom is 0.145 e. The Morgan fingerprint density at radius 2 is 0.773 bits per heavy atom. The molecule has 0 aliphatic carbocycles. The molecule has 12 rings (SSSR count). The molecule has 0 fully saturated rings. The van der Waals surface area contributed by atoms with Crippen LogP contribution in [0.4, 0.5) is 0 Å². The molecule has 9 aromatic carbocycles. The number of rotatable bonds is 7. The van der Waals surface area contributed by atoms with Crippen molar-refractivity contribution in [2.75, 3.05) is 0 Å². The molecule has 0 bridgehead atoms. The third-order valence-corrected chi connectivity index (χ3v) is 12.5. The highest BCUT2D eigenvalue weighted by Crippen LogP contribution is 2.39. The summed E-state index contributed by atoms with van der Waals surface area (Å²) >= 11 is 0. The summed E-state index contributed by atoms with van der Waals surface area (Å²) in [5.41, 5.74) is 17.3. The SMILES string of the molecule is CC(C)C#Cc1ccc(-n2c3ccc(-c4cccc(-c5nc6ccccc6n5-c5ccccc5)c4)cc3c3cc(-c4cccc(-c5nc6ccccc6n5-c5ccccc5)c4)ccc32)cc1. The van der Waals surface area contributed by atoms with Crippen molar-refractivity contribution in [2.45, 2.75) is 13.8 Å². The average molecular weight is 846 g/mol. The number of aromatic nitrogens is 5. The van der Waals surface area contributed by atoms with Gasteiger partial charge in [-0.15, -0.1) is 0 Å². The van der Waals surface area contributed by atoms with Gasteiger partial charge < -0.3 is 4.57 Å². The standard InChI is InChI=1S/C61H43N5/c1-41(2)27-28-42-29-33-51(34-30-42)64-56-35-31-45(43-15-13-17-47(37-43)60-62-54-23-9-11-25-58(54)65(60)49-19-5-3-6-20-49)39-52(56)53-40-46(32-36-57(53)64)44-16-14-18-48(38-44)61-63-55-24-10-12-26-59(55)66(61)50-21-7-4-8-22-50/h3-26,29-41H,1-2H3. The molecule has 5 nitrogen and oxygen atoms in total. The van der Waals surface area contributed by atoms with E-state index in [9.17, 15) is 0 Å². The van der Waals surface area contributed by atoms with Crippen molar-refractivity contribution in [3.05, 3.63) is 224 Å². The number of imidazole rings is 2. The van der Waals surface area contributed by atoms with Gasteiger partial charge in [-0.1, -0.05) is 135 Å². The molecule has 0 unspecified atom stereocenters. The summed E-state index contributed by atoms with van der Waals surface area (Å²) in [6, 6.07) is 77.7. The fourth-order valence-corrected chi connectivity index (χ4v) is 9.37. The Hall–Kier alpha value is -8.72. The lowest BCUT2D eigenvalue weighted by atomic mass is 9.98. The number of para-hydroxylation sites is 6. The second kappa shape index (κ2) is 16.1. The number of nitrogens with zero attached hydrogens (tertiary/aromatic N) is 5. The molecular weight excluding hydrogens is 803 g/mol. The van der Waals surface area contributed by atoms with Crippen LogP contribution in [0.2, 0.25) is 0 Å². The van der Waals surface area contributed by atoms with Crippen LogP contribution in [0.15, 0.2) is 218 Å². The molecule has 3 aromatic heterocycles. The zero-order valence-electron chi connectivity index (χ0n) is 36.6. The molecule has 0 radical (unpaired) electrons. The van der Waals surface area contributed by atoms with Crippen LogP contribution in [-0.4, -0.2) is 23.7 Å². The highest BCUT2D eigenvalue weighted by molar-refractivity contribution is 6.11. The van der Waals surface area contributed by atoms with Crippen molar-refractivity contribution in [3.8, 4) is 73.9 Å². The van der Waals surface area contributed by atoms with E-state index in [1.165, 1.54) is 10.8 Å². The van der Waals surface area contributed by atoms with E-state index in [1.807, 2.05) is 0 Å². The van der Waals surface area contributed by atoms with E-state index in [0.717, 1.165) is 101 Å². The van der Waals surface area contributed by atoms with E-state index < -0.39 is 0 Å². The van der Waals surface area contributed by atoms with Gasteiger partial charge in [0.25, 0.3) is 0 Å². The van der Waals surface area contributed by atoms with E-state index in [1.54, 1.807) is 0 Å². The summed E-state index contributed by atoms with van der Waals surface area (Å²) < 4.78 is 6.91. The van der Waals surface area contributed by atoms with Gasteiger partial charge in [-0.2, -0.15) is 0 Å². The Kier molecular flexibility index (Phi) is 9.51. The van der Waals surface area contributed by atoms with E-state index in [2.05, 4.69) is 258 Å². The Morgan fingerprint density at radius 1 is 0.348 bits per heavy atom. The molecule has 0 spiro atoms. The van der Waals surface area contributed by atoms with E-state index in [0.29, 0.717) is 5.92 Å². The van der Waals surface area contributed by atoms with Crippen LogP contribution >= 0.6 is 0 Å². The van der Waals surface area contributed by atoms with E-state index in [-0.39, 0.29) is 0 Å². The molecule has 66 heavy (non-hydrogen) atoms. The summed E-state index contributed by atoms with van der Waals surface area (Å²) in [5, 5.41) is 2.36. The Balaban J connectivity index is 1.01. The van der Waals surface area contributed by atoms with Gasteiger partial charge in [-0.3, -0.25) is 9.13 Å². The van der Waals surface area contributed by atoms with E-state index >= 15 is 0 Å². The first-order valence-electron chi connectivity index (χ1n) is 22.5. The zero-order chi connectivity index (χ0) is 44.1. The normalized spacial score (nSPS) is 11.5. The van der Waals surface area contributed by atoms with Crippen molar-refractivity contribution in [2.24, 2.45) is 5.92 Å². The van der Waals surface area contributed by atoms with Crippen molar-refractivity contribution >= 4 is 43.9 Å². The van der Waals surface area contributed by atoms with Crippen LogP contribution in [0.25, 0.3) is 106 Å². The second-order valence-corrected chi connectivity index (χ2v) is 17.1. The van der Waals surface area contributed by atoms with Crippen molar-refractivity contribution in [1.29, 1.82) is 0 Å². The van der Waals surface area contributed by atoms with Gasteiger partial charge in [0.1, 0.15) is 11.6 Å². The molecule has 0 aliphatic heterocycles. The summed E-state index contributed by atoms with van der Waals surface area (Å²) in [5.74, 6) is 8.79. The summed E-state index contributed by atoms with van der Waals surface area (Å²) in [7, 11) is 0. The fraction of sp³-hybridized carbons (Fsp3) is 0.0492. The molecule has 12 aromatic rings. The molecular formula is C61H43N5. The monoisotopic (exact) mass is 845 g/mol. The van der Waals surface area contributed by atoms with Gasteiger partial charge in [-0.05, 0) is 131 Å². The van der Waals surface area contributed by atoms with Crippen LogP contribution in [0.1, 0.15) is 19.4 Å². The van der Waals surface area contributed by atoms with Gasteiger partial charge in [0.05, 0.1) is 33.1 Å². The molecule has 312 valence electrons. The van der Waals surface area contributed by atoms with Crippen molar-refractivity contribution < 1.29 is 0 Å². The first kappa shape index (κ1) is 38.9. The van der Waals surface area contributed by atoms with Gasteiger partial charge >= 0.3 is 0 Å². The molecule has 0 atom stereocenters. The minimum Gasteiger partial charge on any atom is -0.309 e. The molecule has 0 saturated heterocycles. The first-order valence-corrected chi connectivity index (χ1v) is 22.5. The molecule has 5 heteroatoms. The van der Waals surface area contributed by atoms with Crippen molar-refractivity contribution in [1.82, 2.24) is 23.7 Å². The smallest absolute Gasteiger partial charge is 0.145 e. The largest absolute Gasteiger partial charge is 0.309 e. The topological polar surface area (TPSA) is 40.6 Å². The molecule has 3 heterocycles. The zero-order valence-corrected chi connectivity index (χ0v) is 36.6.